The minimum absolute atomic E-state index is 0.172. The Hall–Kier alpha value is -1.87. The molecular formula is C18H12ClF8O. The lowest BCUT2D eigenvalue weighted by molar-refractivity contribution is -0.348. The Bertz CT molecular complexity index is 859. The maximum Gasteiger partial charge on any atom is 0.435 e. The largest absolute Gasteiger partial charge is 0.435 e. The summed E-state index contributed by atoms with van der Waals surface area (Å²) in [7, 11) is 1.12. The maximum absolute atomic E-state index is 14.9. The second-order valence-electron chi connectivity index (χ2n) is 5.93. The lowest BCUT2D eigenvalue weighted by atomic mass is 9.83. The van der Waals surface area contributed by atoms with Gasteiger partial charge in [-0.25, -0.2) is 8.78 Å². The summed E-state index contributed by atoms with van der Waals surface area (Å²) in [5.74, 6) is -1.19. The number of benzene rings is 2. The molecule has 0 heterocycles. The van der Waals surface area contributed by atoms with Gasteiger partial charge in [-0.05, 0) is 47.9 Å². The van der Waals surface area contributed by atoms with Gasteiger partial charge in [0.1, 0.15) is 5.82 Å². The van der Waals surface area contributed by atoms with Crippen molar-refractivity contribution in [1.29, 1.82) is 0 Å². The molecule has 2 aromatic rings. The van der Waals surface area contributed by atoms with Gasteiger partial charge >= 0.3 is 18.0 Å². The summed E-state index contributed by atoms with van der Waals surface area (Å²) >= 11 is 5.73. The number of methoxy groups -OCH3 is 1. The third kappa shape index (κ3) is 3.82. The number of alkyl halides is 7. The van der Waals surface area contributed by atoms with E-state index in [1.165, 1.54) is 0 Å². The van der Waals surface area contributed by atoms with Crippen LogP contribution in [0.3, 0.4) is 0 Å². The van der Waals surface area contributed by atoms with Crippen LogP contribution >= 0.6 is 11.6 Å². The first kappa shape index (κ1) is 22.4. The molecule has 0 amide bonds. The molecule has 0 aliphatic rings. The van der Waals surface area contributed by atoms with E-state index in [9.17, 15) is 35.1 Å². The van der Waals surface area contributed by atoms with E-state index >= 15 is 0 Å². The molecule has 1 nitrogen and oxygen atoms in total. The Kier molecular flexibility index (Phi) is 6.02. The molecule has 0 spiro atoms. The van der Waals surface area contributed by atoms with Crippen LogP contribution < -0.4 is 0 Å². The topological polar surface area (TPSA) is 9.23 Å². The summed E-state index contributed by atoms with van der Waals surface area (Å²) in [5, 5.41) is -0.172. The fraction of sp³-hybridized carbons (Fsp3) is 0.333. The minimum atomic E-state index is -6.37. The van der Waals surface area contributed by atoms with Gasteiger partial charge in [0.05, 0.1) is 6.61 Å². The molecule has 0 N–H and O–H groups in total. The van der Waals surface area contributed by atoms with E-state index in [2.05, 4.69) is 6.07 Å². The quantitative estimate of drug-likeness (QED) is 0.490. The fourth-order valence-corrected chi connectivity index (χ4v) is 2.95. The molecule has 0 fully saturated rings. The van der Waals surface area contributed by atoms with Gasteiger partial charge in [0.15, 0.2) is 0 Å². The molecule has 1 radical (unpaired) electrons. The summed E-state index contributed by atoms with van der Waals surface area (Å²) in [5.41, 5.74) is -9.87. The van der Waals surface area contributed by atoms with E-state index < -0.39 is 47.1 Å². The van der Waals surface area contributed by atoms with Gasteiger partial charge in [-0.15, -0.1) is 0 Å². The first-order chi connectivity index (χ1) is 12.7. The molecule has 28 heavy (non-hydrogen) atoms. The van der Waals surface area contributed by atoms with Gasteiger partial charge in [-0.2, -0.15) is 26.3 Å². The molecule has 0 bridgehead atoms. The number of ether oxygens (including phenoxy) is 1. The zero-order valence-electron chi connectivity index (χ0n) is 14.3. The Labute approximate surface area is 159 Å². The number of hydrogen-bond acceptors (Lipinski definition) is 1. The predicted octanol–water partition coefficient (Wildman–Crippen LogP) is 6.69. The van der Waals surface area contributed by atoms with E-state index in [0.717, 1.165) is 32.2 Å². The van der Waals surface area contributed by atoms with Crippen molar-refractivity contribution in [2.24, 2.45) is 0 Å². The molecular weight excluding hydrogens is 420 g/mol. The Morgan fingerprint density at radius 1 is 1.00 bits per heavy atom. The van der Waals surface area contributed by atoms with Gasteiger partial charge in [-0.1, -0.05) is 17.7 Å². The van der Waals surface area contributed by atoms with Gasteiger partial charge in [0, 0.05) is 23.3 Å². The number of hydrogen-bond donors (Lipinski definition) is 0. The van der Waals surface area contributed by atoms with Crippen LogP contribution in [-0.2, 0) is 17.0 Å². The van der Waals surface area contributed by atoms with Crippen molar-refractivity contribution in [3.05, 3.63) is 57.9 Å². The first-order valence-electron chi connectivity index (χ1n) is 7.57. The highest BCUT2D eigenvalue weighted by atomic mass is 35.5. The van der Waals surface area contributed by atoms with Gasteiger partial charge in [-0.3, -0.25) is 0 Å². The number of halogens is 9. The molecule has 2 aromatic carbocycles. The lowest BCUT2D eigenvalue weighted by Gasteiger charge is -2.33. The highest BCUT2D eigenvalue weighted by Crippen LogP contribution is 2.56. The zero-order valence-corrected chi connectivity index (χ0v) is 15.1. The van der Waals surface area contributed by atoms with E-state index in [1.54, 1.807) is 0 Å². The van der Waals surface area contributed by atoms with Crippen LogP contribution in [0.1, 0.15) is 16.7 Å². The highest BCUT2D eigenvalue weighted by molar-refractivity contribution is 6.30. The molecule has 0 aliphatic heterocycles. The molecule has 0 unspecified atom stereocenters. The van der Waals surface area contributed by atoms with Crippen LogP contribution in [0.4, 0.5) is 35.1 Å². The fourth-order valence-electron chi connectivity index (χ4n) is 2.77. The van der Waals surface area contributed by atoms with Crippen molar-refractivity contribution in [3.8, 4) is 11.1 Å². The van der Waals surface area contributed by atoms with E-state index in [1.807, 2.05) is 0 Å². The SMILES string of the molecule is COCc1[c]c(C)cc(C(F)(C(F)(F)F)C(F)(F)F)c1-c1cc(Cl)ccc1F. The number of rotatable bonds is 4. The van der Waals surface area contributed by atoms with E-state index in [-0.39, 0.29) is 16.1 Å². The Balaban J connectivity index is 3.05. The van der Waals surface area contributed by atoms with Gasteiger partial charge in [0.25, 0.3) is 0 Å². The third-order valence-corrected chi connectivity index (χ3v) is 4.15. The average molecular weight is 432 g/mol. The van der Waals surface area contributed by atoms with Gasteiger partial charge < -0.3 is 4.74 Å². The third-order valence-electron chi connectivity index (χ3n) is 3.92. The van der Waals surface area contributed by atoms with Crippen LogP contribution in [0.25, 0.3) is 11.1 Å². The van der Waals surface area contributed by atoms with Crippen LogP contribution in [0.5, 0.6) is 0 Å². The summed E-state index contributed by atoms with van der Waals surface area (Å²) in [4.78, 5) is 0. The molecule has 0 saturated carbocycles. The van der Waals surface area contributed by atoms with Crippen LogP contribution in [0, 0.1) is 18.8 Å². The molecule has 2 rings (SSSR count). The molecule has 0 atom stereocenters. The Morgan fingerprint density at radius 3 is 2.07 bits per heavy atom. The highest BCUT2D eigenvalue weighted by Gasteiger charge is 2.74. The van der Waals surface area contributed by atoms with Crippen LogP contribution in [0.2, 0.25) is 5.02 Å². The smallest absolute Gasteiger partial charge is 0.380 e. The standard InChI is InChI=1S/C18H12ClF8O/c1-9-5-10(8-28-2)15(12-7-11(19)3-4-14(12)20)13(6-9)16(21,17(22,23)24)18(25,26)27/h3-4,6-7H,8H2,1-2H3. The number of aryl methyl sites for hydroxylation is 1. The summed E-state index contributed by atoms with van der Waals surface area (Å²) in [6, 6.07) is 5.45. The molecule has 153 valence electrons. The van der Waals surface area contributed by atoms with Gasteiger partial charge in [0.2, 0.25) is 0 Å². The molecule has 0 saturated heterocycles. The maximum atomic E-state index is 14.9. The van der Waals surface area contributed by atoms with Crippen LogP contribution in [-0.4, -0.2) is 19.5 Å². The summed E-state index contributed by atoms with van der Waals surface area (Å²) in [6.07, 6.45) is -12.7. The van der Waals surface area contributed by atoms with Crippen molar-refractivity contribution >= 4 is 11.6 Å². The monoisotopic (exact) mass is 431 g/mol. The van der Waals surface area contributed by atoms with Crippen molar-refractivity contribution in [2.75, 3.05) is 7.11 Å². The van der Waals surface area contributed by atoms with Crippen molar-refractivity contribution in [2.45, 2.75) is 31.6 Å². The normalized spacial score (nSPS) is 13.1. The van der Waals surface area contributed by atoms with Crippen LogP contribution in [0.15, 0.2) is 24.3 Å². The second kappa shape index (κ2) is 7.51. The van der Waals surface area contributed by atoms with E-state index in [0.29, 0.717) is 6.07 Å². The molecule has 0 aliphatic carbocycles. The zero-order chi connectivity index (χ0) is 21.5. The average Bonchev–Trinajstić information content (AvgIpc) is 2.54. The van der Waals surface area contributed by atoms with Crippen molar-refractivity contribution in [3.63, 3.8) is 0 Å². The predicted molar refractivity (Wildman–Crippen MR) is 86.0 cm³/mol. The molecule has 0 aromatic heterocycles. The van der Waals surface area contributed by atoms with Crippen molar-refractivity contribution < 1.29 is 39.9 Å². The van der Waals surface area contributed by atoms with E-state index in [4.69, 9.17) is 16.3 Å². The molecule has 10 heteroatoms. The minimum Gasteiger partial charge on any atom is -0.380 e. The summed E-state index contributed by atoms with van der Waals surface area (Å²) < 4.78 is 114. The van der Waals surface area contributed by atoms with Crippen molar-refractivity contribution in [1.82, 2.24) is 0 Å². The lowest BCUT2D eigenvalue weighted by Crippen LogP contribution is -2.50. The second-order valence-corrected chi connectivity index (χ2v) is 6.37. The first-order valence-corrected chi connectivity index (χ1v) is 7.94. The Morgan fingerprint density at radius 2 is 1.57 bits per heavy atom. The summed E-state index contributed by atoms with van der Waals surface area (Å²) in [6.45, 7) is 0.593.